The van der Waals surface area contributed by atoms with Crippen molar-refractivity contribution in [1.82, 2.24) is 5.32 Å². The lowest BCUT2D eigenvalue weighted by Gasteiger charge is -2.21. The standard InChI is InChI=1S/C22H24N2O4/c1-3-28-22(27)13(2)12-18(20(23)25)24-21(26)19-16-10-6-4-8-14(16)15-9-5-7-11-17(15)19/h4-11,13,18-19H,3,12H2,1-2H3,(H2,23,25)(H,24,26)/t13-,18-/m0/s1. The minimum Gasteiger partial charge on any atom is -0.466 e. The summed E-state index contributed by atoms with van der Waals surface area (Å²) in [5.41, 5.74) is 9.29. The molecule has 2 atom stereocenters. The normalized spacial score (nSPS) is 14.5. The molecule has 1 aliphatic carbocycles. The molecule has 0 spiro atoms. The van der Waals surface area contributed by atoms with E-state index < -0.39 is 29.8 Å². The molecule has 6 nitrogen and oxygen atoms in total. The van der Waals surface area contributed by atoms with Crippen LogP contribution in [-0.2, 0) is 19.1 Å². The van der Waals surface area contributed by atoms with Crippen LogP contribution in [0.4, 0.5) is 0 Å². The van der Waals surface area contributed by atoms with E-state index in [1.165, 1.54) is 0 Å². The fraction of sp³-hybridized carbons (Fsp3) is 0.318. The second-order valence-electron chi connectivity index (χ2n) is 6.96. The second-order valence-corrected chi connectivity index (χ2v) is 6.96. The Hall–Kier alpha value is -3.15. The molecular weight excluding hydrogens is 356 g/mol. The van der Waals surface area contributed by atoms with E-state index in [-0.39, 0.29) is 18.9 Å². The SMILES string of the molecule is CCOC(=O)[C@@H](C)C[C@H](NC(=O)C1c2ccccc2-c2ccccc21)C(N)=O. The number of amides is 2. The van der Waals surface area contributed by atoms with Crippen LogP contribution in [0.2, 0.25) is 0 Å². The Labute approximate surface area is 164 Å². The Morgan fingerprint density at radius 2 is 1.57 bits per heavy atom. The summed E-state index contributed by atoms with van der Waals surface area (Å²) in [6.45, 7) is 3.62. The van der Waals surface area contributed by atoms with Crippen molar-refractivity contribution < 1.29 is 19.1 Å². The summed E-state index contributed by atoms with van der Waals surface area (Å²) in [6.07, 6.45) is 0.0932. The highest BCUT2D eigenvalue weighted by Gasteiger charge is 2.35. The Morgan fingerprint density at radius 3 is 2.07 bits per heavy atom. The summed E-state index contributed by atoms with van der Waals surface area (Å²) in [5.74, 6) is -2.48. The fourth-order valence-electron chi connectivity index (χ4n) is 3.67. The number of nitrogens with one attached hydrogen (secondary N) is 1. The molecule has 0 unspecified atom stereocenters. The van der Waals surface area contributed by atoms with Gasteiger partial charge in [-0.2, -0.15) is 0 Å². The summed E-state index contributed by atoms with van der Waals surface area (Å²) in [5, 5.41) is 2.75. The van der Waals surface area contributed by atoms with Gasteiger partial charge < -0.3 is 15.8 Å². The van der Waals surface area contributed by atoms with E-state index in [4.69, 9.17) is 10.5 Å². The molecule has 0 fully saturated rings. The minimum atomic E-state index is -0.952. The van der Waals surface area contributed by atoms with Crippen molar-refractivity contribution in [3.05, 3.63) is 59.7 Å². The summed E-state index contributed by atoms with van der Waals surface area (Å²) < 4.78 is 4.98. The quantitative estimate of drug-likeness (QED) is 0.721. The van der Waals surface area contributed by atoms with E-state index in [1.807, 2.05) is 48.5 Å². The molecule has 3 rings (SSSR count). The van der Waals surface area contributed by atoms with Crippen molar-refractivity contribution in [2.24, 2.45) is 11.7 Å². The van der Waals surface area contributed by atoms with Gasteiger partial charge in [-0.15, -0.1) is 0 Å². The highest BCUT2D eigenvalue weighted by atomic mass is 16.5. The van der Waals surface area contributed by atoms with Crippen LogP contribution < -0.4 is 11.1 Å². The Balaban J connectivity index is 1.83. The van der Waals surface area contributed by atoms with Crippen molar-refractivity contribution in [3.63, 3.8) is 0 Å². The van der Waals surface area contributed by atoms with Crippen molar-refractivity contribution in [2.45, 2.75) is 32.2 Å². The van der Waals surface area contributed by atoms with Crippen LogP contribution in [-0.4, -0.2) is 30.4 Å². The number of nitrogens with two attached hydrogens (primary N) is 1. The molecule has 3 N–H and O–H groups in total. The summed E-state index contributed by atoms with van der Waals surface area (Å²) >= 11 is 0. The molecule has 2 aromatic carbocycles. The number of benzene rings is 2. The zero-order valence-corrected chi connectivity index (χ0v) is 16.0. The summed E-state index contributed by atoms with van der Waals surface area (Å²) in [4.78, 5) is 36.9. The van der Waals surface area contributed by atoms with E-state index in [9.17, 15) is 14.4 Å². The van der Waals surface area contributed by atoms with Gasteiger partial charge in [0, 0.05) is 0 Å². The van der Waals surface area contributed by atoms with Gasteiger partial charge >= 0.3 is 5.97 Å². The molecule has 0 aromatic heterocycles. The molecule has 146 valence electrons. The van der Waals surface area contributed by atoms with Crippen LogP contribution in [0.1, 0.15) is 37.3 Å². The van der Waals surface area contributed by atoms with Gasteiger partial charge in [-0.1, -0.05) is 55.5 Å². The molecule has 28 heavy (non-hydrogen) atoms. The smallest absolute Gasteiger partial charge is 0.308 e. The molecule has 6 heteroatoms. The average Bonchev–Trinajstić information content (AvgIpc) is 3.02. The molecule has 0 aliphatic heterocycles. The van der Waals surface area contributed by atoms with Gasteiger partial charge in [0.05, 0.1) is 18.4 Å². The number of primary amides is 1. The molecule has 0 radical (unpaired) electrons. The van der Waals surface area contributed by atoms with Gasteiger partial charge in [0.25, 0.3) is 0 Å². The monoisotopic (exact) mass is 380 g/mol. The minimum absolute atomic E-state index is 0.0932. The number of ether oxygens (including phenoxy) is 1. The molecule has 1 aliphatic rings. The highest BCUT2D eigenvalue weighted by molar-refractivity contribution is 5.98. The first kappa shape index (κ1) is 19.6. The number of carbonyl (C=O) groups is 3. The number of rotatable bonds is 7. The highest BCUT2D eigenvalue weighted by Crippen LogP contribution is 2.44. The van der Waals surface area contributed by atoms with Crippen LogP contribution in [0.3, 0.4) is 0 Å². The molecule has 0 saturated heterocycles. The predicted octanol–water partition coefficient (Wildman–Crippen LogP) is 2.36. The molecule has 0 saturated carbocycles. The first-order valence-electron chi connectivity index (χ1n) is 9.38. The third-order valence-electron chi connectivity index (χ3n) is 5.03. The third-order valence-corrected chi connectivity index (χ3v) is 5.03. The summed E-state index contributed by atoms with van der Waals surface area (Å²) in [7, 11) is 0. The van der Waals surface area contributed by atoms with Gasteiger partial charge in [-0.3, -0.25) is 14.4 Å². The van der Waals surface area contributed by atoms with Gasteiger partial charge in [0.1, 0.15) is 6.04 Å². The lowest BCUT2D eigenvalue weighted by atomic mass is 9.94. The topological polar surface area (TPSA) is 98.5 Å². The largest absolute Gasteiger partial charge is 0.466 e. The van der Waals surface area contributed by atoms with Crippen LogP contribution in [0.15, 0.2) is 48.5 Å². The predicted molar refractivity (Wildman–Crippen MR) is 105 cm³/mol. The lowest BCUT2D eigenvalue weighted by Crippen LogP contribution is -2.47. The molecule has 0 heterocycles. The van der Waals surface area contributed by atoms with Gasteiger partial charge in [0.15, 0.2) is 0 Å². The Bertz CT molecular complexity index is 863. The third kappa shape index (κ3) is 3.76. The van der Waals surface area contributed by atoms with Crippen molar-refractivity contribution in [3.8, 4) is 11.1 Å². The van der Waals surface area contributed by atoms with E-state index in [0.29, 0.717) is 0 Å². The zero-order chi connectivity index (χ0) is 20.3. The first-order chi connectivity index (χ1) is 13.4. The fourth-order valence-corrected chi connectivity index (χ4v) is 3.67. The van der Waals surface area contributed by atoms with Crippen molar-refractivity contribution >= 4 is 17.8 Å². The molecule has 0 bridgehead atoms. The second kappa shape index (κ2) is 8.25. The first-order valence-corrected chi connectivity index (χ1v) is 9.38. The maximum Gasteiger partial charge on any atom is 0.308 e. The molecule has 2 amide bonds. The summed E-state index contributed by atoms with van der Waals surface area (Å²) in [6, 6.07) is 14.5. The molecule has 2 aromatic rings. The van der Waals surface area contributed by atoms with Crippen LogP contribution in [0.5, 0.6) is 0 Å². The number of fused-ring (bicyclic) bond motifs is 3. The van der Waals surface area contributed by atoms with Gasteiger partial charge in [-0.05, 0) is 35.6 Å². The Kier molecular flexibility index (Phi) is 5.78. The maximum atomic E-state index is 13.1. The number of hydrogen-bond acceptors (Lipinski definition) is 4. The van der Waals surface area contributed by atoms with Crippen molar-refractivity contribution in [1.29, 1.82) is 0 Å². The van der Waals surface area contributed by atoms with E-state index in [0.717, 1.165) is 22.3 Å². The van der Waals surface area contributed by atoms with Crippen LogP contribution in [0.25, 0.3) is 11.1 Å². The Morgan fingerprint density at radius 1 is 1.04 bits per heavy atom. The number of hydrogen-bond donors (Lipinski definition) is 2. The van der Waals surface area contributed by atoms with E-state index >= 15 is 0 Å². The van der Waals surface area contributed by atoms with E-state index in [1.54, 1.807) is 13.8 Å². The number of esters is 1. The number of carbonyl (C=O) groups excluding carboxylic acids is 3. The van der Waals surface area contributed by atoms with Crippen LogP contribution >= 0.6 is 0 Å². The van der Waals surface area contributed by atoms with E-state index in [2.05, 4.69) is 5.32 Å². The van der Waals surface area contributed by atoms with Crippen LogP contribution in [0, 0.1) is 5.92 Å². The van der Waals surface area contributed by atoms with Crippen molar-refractivity contribution in [2.75, 3.05) is 6.61 Å². The molecular formula is C22H24N2O4. The maximum absolute atomic E-state index is 13.1. The van der Waals surface area contributed by atoms with Gasteiger partial charge in [0.2, 0.25) is 11.8 Å². The average molecular weight is 380 g/mol. The lowest BCUT2D eigenvalue weighted by molar-refractivity contribution is -0.148. The van der Waals surface area contributed by atoms with Gasteiger partial charge in [-0.25, -0.2) is 0 Å². The zero-order valence-electron chi connectivity index (χ0n) is 16.0.